The van der Waals surface area contributed by atoms with Crippen molar-refractivity contribution in [2.75, 3.05) is 19.6 Å². The Morgan fingerprint density at radius 1 is 0.939 bits per heavy atom. The van der Waals surface area contributed by atoms with E-state index in [4.69, 9.17) is 9.47 Å². The summed E-state index contributed by atoms with van der Waals surface area (Å²) in [6.07, 6.45) is 6.75. The molecule has 2 amide bonds. The molecule has 0 bridgehead atoms. The standard InChI is InChI=1S/C27H40N2O4/c1-6-7-8-9-10-11-16-29-26(30)24(22-12-14-23(15-13-22)32-19(2)3)25(27(29)31)28-17-20(4)33-21(5)18-28/h12-15,19-21H,6-11,16-18H2,1-5H3. The fourth-order valence-corrected chi connectivity index (χ4v) is 4.70. The number of hydrogen-bond donors (Lipinski definition) is 0. The maximum atomic E-state index is 13.5. The van der Waals surface area contributed by atoms with E-state index in [2.05, 4.69) is 6.92 Å². The molecule has 2 aliphatic rings. The Morgan fingerprint density at radius 3 is 2.15 bits per heavy atom. The van der Waals surface area contributed by atoms with Gasteiger partial charge in [0.25, 0.3) is 11.8 Å². The Hall–Kier alpha value is -2.34. The van der Waals surface area contributed by atoms with Crippen LogP contribution >= 0.6 is 0 Å². The molecular weight excluding hydrogens is 416 g/mol. The third-order valence-corrected chi connectivity index (χ3v) is 6.13. The summed E-state index contributed by atoms with van der Waals surface area (Å²) in [4.78, 5) is 30.6. The van der Waals surface area contributed by atoms with Gasteiger partial charge in [0.1, 0.15) is 11.4 Å². The summed E-state index contributed by atoms with van der Waals surface area (Å²) in [6.45, 7) is 11.9. The first-order valence-corrected chi connectivity index (χ1v) is 12.6. The van der Waals surface area contributed by atoms with Crippen molar-refractivity contribution in [1.82, 2.24) is 9.80 Å². The molecule has 0 saturated carbocycles. The second kappa shape index (κ2) is 11.7. The van der Waals surface area contributed by atoms with Crippen LogP contribution in [0.1, 0.15) is 78.7 Å². The van der Waals surface area contributed by atoms with Gasteiger partial charge in [-0.15, -0.1) is 0 Å². The van der Waals surface area contributed by atoms with Crippen molar-refractivity contribution in [2.45, 2.75) is 91.5 Å². The van der Waals surface area contributed by atoms with Crippen LogP contribution in [0.4, 0.5) is 0 Å². The molecule has 6 nitrogen and oxygen atoms in total. The molecule has 2 heterocycles. The zero-order chi connectivity index (χ0) is 24.0. The largest absolute Gasteiger partial charge is 0.491 e. The number of benzene rings is 1. The number of nitrogens with zero attached hydrogens (tertiary/aromatic N) is 2. The highest BCUT2D eigenvalue weighted by atomic mass is 16.5. The van der Waals surface area contributed by atoms with E-state index in [0.717, 1.165) is 30.6 Å². The summed E-state index contributed by atoms with van der Waals surface area (Å²) in [5, 5.41) is 0. The Morgan fingerprint density at radius 2 is 1.55 bits per heavy atom. The first kappa shape index (κ1) is 25.3. The molecule has 6 heteroatoms. The molecule has 0 spiro atoms. The number of unbranched alkanes of at least 4 members (excludes halogenated alkanes) is 5. The van der Waals surface area contributed by atoms with Crippen LogP contribution in [0, 0.1) is 0 Å². The van der Waals surface area contributed by atoms with Gasteiger partial charge < -0.3 is 14.4 Å². The SMILES string of the molecule is CCCCCCCCN1C(=O)C(c2ccc(OC(C)C)cc2)=C(N2CC(C)OC(C)C2)C1=O. The molecule has 1 fully saturated rings. The summed E-state index contributed by atoms with van der Waals surface area (Å²) in [5.41, 5.74) is 1.78. The lowest BCUT2D eigenvalue weighted by Gasteiger charge is -2.37. The lowest BCUT2D eigenvalue weighted by atomic mass is 10.0. The molecule has 182 valence electrons. The third kappa shape index (κ3) is 6.38. The molecule has 2 atom stereocenters. The van der Waals surface area contributed by atoms with Gasteiger partial charge in [-0.05, 0) is 51.8 Å². The summed E-state index contributed by atoms with van der Waals surface area (Å²) in [6, 6.07) is 7.52. The molecule has 1 aromatic rings. The summed E-state index contributed by atoms with van der Waals surface area (Å²) in [5.74, 6) is 0.394. The topological polar surface area (TPSA) is 59.1 Å². The van der Waals surface area contributed by atoms with Gasteiger partial charge in [-0.3, -0.25) is 14.5 Å². The van der Waals surface area contributed by atoms with Crippen LogP contribution in [-0.4, -0.2) is 59.6 Å². The van der Waals surface area contributed by atoms with E-state index in [1.165, 1.54) is 24.2 Å². The second-order valence-corrected chi connectivity index (χ2v) is 9.61. The van der Waals surface area contributed by atoms with Gasteiger partial charge in [0.2, 0.25) is 0 Å². The molecule has 0 radical (unpaired) electrons. The molecule has 2 unspecified atom stereocenters. The van der Waals surface area contributed by atoms with E-state index < -0.39 is 0 Å². The highest BCUT2D eigenvalue weighted by Gasteiger charge is 2.42. The molecule has 1 aromatic carbocycles. The quantitative estimate of drug-likeness (QED) is 0.346. The number of imide groups is 1. The van der Waals surface area contributed by atoms with Crippen LogP contribution in [0.2, 0.25) is 0 Å². The van der Waals surface area contributed by atoms with Crippen molar-refractivity contribution in [3.8, 4) is 5.75 Å². The van der Waals surface area contributed by atoms with Gasteiger partial charge >= 0.3 is 0 Å². The molecule has 3 rings (SSSR count). The van der Waals surface area contributed by atoms with E-state index in [1.807, 2.05) is 56.9 Å². The average molecular weight is 457 g/mol. The van der Waals surface area contributed by atoms with Crippen molar-refractivity contribution < 1.29 is 19.1 Å². The summed E-state index contributed by atoms with van der Waals surface area (Å²) in [7, 11) is 0. The van der Waals surface area contributed by atoms with Crippen molar-refractivity contribution in [3.05, 3.63) is 35.5 Å². The fourth-order valence-electron chi connectivity index (χ4n) is 4.70. The molecule has 0 aliphatic carbocycles. The minimum absolute atomic E-state index is 0.000152. The number of carbonyl (C=O) groups is 2. The minimum atomic E-state index is -0.187. The van der Waals surface area contributed by atoms with Crippen LogP contribution in [0.25, 0.3) is 5.57 Å². The van der Waals surface area contributed by atoms with Crippen molar-refractivity contribution in [3.63, 3.8) is 0 Å². The van der Waals surface area contributed by atoms with E-state index in [0.29, 0.717) is 30.9 Å². The predicted molar refractivity (Wildman–Crippen MR) is 131 cm³/mol. The van der Waals surface area contributed by atoms with Gasteiger partial charge in [-0.1, -0.05) is 51.2 Å². The Bertz CT molecular complexity index is 836. The van der Waals surface area contributed by atoms with Gasteiger partial charge in [0, 0.05) is 19.6 Å². The fraction of sp³-hybridized carbons (Fsp3) is 0.630. The molecular formula is C27H40N2O4. The van der Waals surface area contributed by atoms with E-state index in [1.54, 1.807) is 0 Å². The Kier molecular flexibility index (Phi) is 8.95. The Balaban J connectivity index is 1.84. The number of carbonyl (C=O) groups excluding carboxylic acids is 2. The van der Waals surface area contributed by atoms with Gasteiger partial charge in [-0.25, -0.2) is 0 Å². The summed E-state index contributed by atoms with van der Waals surface area (Å²) < 4.78 is 11.6. The van der Waals surface area contributed by atoms with E-state index >= 15 is 0 Å². The zero-order valence-electron chi connectivity index (χ0n) is 20.9. The maximum absolute atomic E-state index is 13.5. The highest BCUT2D eigenvalue weighted by molar-refractivity contribution is 6.35. The number of ether oxygens (including phenoxy) is 2. The van der Waals surface area contributed by atoms with E-state index in [-0.39, 0.29) is 30.1 Å². The van der Waals surface area contributed by atoms with Gasteiger partial charge in [0.05, 0.1) is 23.9 Å². The number of amides is 2. The number of rotatable bonds is 11. The maximum Gasteiger partial charge on any atom is 0.277 e. The van der Waals surface area contributed by atoms with Crippen LogP contribution in [0.15, 0.2) is 30.0 Å². The van der Waals surface area contributed by atoms with Crippen LogP contribution in [-0.2, 0) is 14.3 Å². The zero-order valence-corrected chi connectivity index (χ0v) is 20.9. The molecule has 33 heavy (non-hydrogen) atoms. The monoisotopic (exact) mass is 456 g/mol. The molecule has 2 aliphatic heterocycles. The molecule has 0 N–H and O–H groups in total. The first-order valence-electron chi connectivity index (χ1n) is 12.6. The van der Waals surface area contributed by atoms with Crippen molar-refractivity contribution >= 4 is 17.4 Å². The van der Waals surface area contributed by atoms with Crippen LogP contribution < -0.4 is 4.74 Å². The number of hydrogen-bond acceptors (Lipinski definition) is 5. The smallest absolute Gasteiger partial charge is 0.277 e. The molecule has 1 saturated heterocycles. The van der Waals surface area contributed by atoms with Crippen LogP contribution in [0.5, 0.6) is 5.75 Å². The van der Waals surface area contributed by atoms with E-state index in [9.17, 15) is 9.59 Å². The Labute approximate surface area is 198 Å². The highest BCUT2D eigenvalue weighted by Crippen LogP contribution is 2.34. The lowest BCUT2D eigenvalue weighted by molar-refractivity contribution is -0.138. The first-order chi connectivity index (χ1) is 15.8. The lowest BCUT2D eigenvalue weighted by Crippen LogP contribution is -2.47. The third-order valence-electron chi connectivity index (χ3n) is 6.13. The predicted octanol–water partition coefficient (Wildman–Crippen LogP) is 5.02. The molecule has 0 aromatic heterocycles. The average Bonchev–Trinajstić information content (AvgIpc) is 3.00. The number of morpholine rings is 1. The van der Waals surface area contributed by atoms with Gasteiger partial charge in [-0.2, -0.15) is 0 Å². The van der Waals surface area contributed by atoms with Crippen molar-refractivity contribution in [2.24, 2.45) is 0 Å². The second-order valence-electron chi connectivity index (χ2n) is 9.61. The normalized spacial score (nSPS) is 21.5. The van der Waals surface area contributed by atoms with Crippen molar-refractivity contribution in [1.29, 1.82) is 0 Å². The minimum Gasteiger partial charge on any atom is -0.491 e. The van der Waals surface area contributed by atoms with Gasteiger partial charge in [0.15, 0.2) is 0 Å². The van der Waals surface area contributed by atoms with Crippen LogP contribution in [0.3, 0.4) is 0 Å². The summed E-state index contributed by atoms with van der Waals surface area (Å²) >= 11 is 0.